The average molecular weight is 205 g/mol. The van der Waals surface area contributed by atoms with Crippen molar-refractivity contribution < 1.29 is 9.90 Å². The van der Waals surface area contributed by atoms with Crippen molar-refractivity contribution in [2.45, 2.75) is 25.9 Å². The quantitative estimate of drug-likeness (QED) is 0.770. The average Bonchev–Trinajstić information content (AvgIpc) is 2.18. The maximum atomic E-state index is 11.7. The summed E-state index contributed by atoms with van der Waals surface area (Å²) in [5.41, 5.74) is 2.06. The molecule has 2 N–H and O–H groups in total. The van der Waals surface area contributed by atoms with Gasteiger partial charge in [-0.1, -0.05) is 18.2 Å². The molecule has 0 saturated heterocycles. The minimum Gasteiger partial charge on any atom is -0.393 e. The van der Waals surface area contributed by atoms with Crippen molar-refractivity contribution in [1.29, 1.82) is 0 Å². The predicted molar refractivity (Wildman–Crippen MR) is 58.6 cm³/mol. The van der Waals surface area contributed by atoms with Gasteiger partial charge in [0.1, 0.15) is 0 Å². The van der Waals surface area contributed by atoms with E-state index in [4.69, 9.17) is 0 Å². The summed E-state index contributed by atoms with van der Waals surface area (Å²) in [6.07, 6.45) is 0.832. The second kappa shape index (κ2) is 4.03. The van der Waals surface area contributed by atoms with Crippen molar-refractivity contribution >= 4 is 11.6 Å². The molecule has 1 aromatic rings. The highest BCUT2D eigenvalue weighted by Crippen LogP contribution is 2.27. The van der Waals surface area contributed by atoms with Gasteiger partial charge in [0.05, 0.1) is 6.10 Å². The highest BCUT2D eigenvalue weighted by Gasteiger charge is 2.26. The SMILES string of the molecule is CC(O)CC1Cc2ccccc2NC1=O. The van der Waals surface area contributed by atoms with Crippen LogP contribution in [0.5, 0.6) is 0 Å². The maximum Gasteiger partial charge on any atom is 0.227 e. The third-order valence-corrected chi connectivity index (χ3v) is 2.74. The van der Waals surface area contributed by atoms with Crippen molar-refractivity contribution in [2.24, 2.45) is 5.92 Å². The first-order valence-corrected chi connectivity index (χ1v) is 5.23. The van der Waals surface area contributed by atoms with E-state index in [9.17, 15) is 9.90 Å². The Balaban J connectivity index is 2.18. The molecule has 2 rings (SSSR count). The lowest BCUT2D eigenvalue weighted by molar-refractivity contribution is -0.121. The standard InChI is InChI=1S/C12H15NO2/c1-8(14)6-10-7-9-4-2-3-5-11(9)13-12(10)15/h2-5,8,10,14H,6-7H2,1H3,(H,13,15). The summed E-state index contributed by atoms with van der Waals surface area (Å²) in [6.45, 7) is 1.72. The Hall–Kier alpha value is -1.35. The van der Waals surface area contributed by atoms with Gasteiger partial charge in [0.2, 0.25) is 5.91 Å². The van der Waals surface area contributed by atoms with E-state index in [1.807, 2.05) is 24.3 Å². The Bertz CT molecular complexity index is 374. The number of para-hydroxylation sites is 1. The topological polar surface area (TPSA) is 49.3 Å². The summed E-state index contributed by atoms with van der Waals surface area (Å²) in [5.74, 6) is -0.0745. The van der Waals surface area contributed by atoms with Gasteiger partial charge in [-0.2, -0.15) is 0 Å². The van der Waals surface area contributed by atoms with E-state index in [0.717, 1.165) is 17.7 Å². The third kappa shape index (κ3) is 2.18. The predicted octanol–water partition coefficient (Wildman–Crippen LogP) is 1.57. The minimum absolute atomic E-state index is 0.0228. The number of aliphatic hydroxyl groups is 1. The smallest absolute Gasteiger partial charge is 0.227 e. The van der Waals surface area contributed by atoms with Crippen LogP contribution in [0.1, 0.15) is 18.9 Å². The molecule has 3 heteroatoms. The van der Waals surface area contributed by atoms with Gasteiger partial charge in [-0.05, 0) is 31.4 Å². The van der Waals surface area contributed by atoms with Crippen LogP contribution in [0.2, 0.25) is 0 Å². The van der Waals surface area contributed by atoms with E-state index in [2.05, 4.69) is 5.32 Å². The van der Waals surface area contributed by atoms with Gasteiger partial charge in [-0.15, -0.1) is 0 Å². The molecule has 0 spiro atoms. The molecule has 1 amide bonds. The van der Waals surface area contributed by atoms with Crippen molar-refractivity contribution in [2.75, 3.05) is 5.32 Å². The summed E-state index contributed by atoms with van der Waals surface area (Å²) >= 11 is 0. The molecule has 1 aliphatic heterocycles. The largest absolute Gasteiger partial charge is 0.393 e. The number of benzene rings is 1. The van der Waals surface area contributed by atoms with E-state index in [1.54, 1.807) is 6.92 Å². The molecule has 0 aliphatic carbocycles. The molecule has 2 unspecified atom stereocenters. The molecular formula is C12H15NO2. The number of amides is 1. The first kappa shape index (κ1) is 10.2. The molecule has 2 atom stereocenters. The van der Waals surface area contributed by atoms with Gasteiger partial charge < -0.3 is 10.4 Å². The van der Waals surface area contributed by atoms with Crippen LogP contribution in [0, 0.1) is 5.92 Å². The molecule has 0 fully saturated rings. The lowest BCUT2D eigenvalue weighted by Crippen LogP contribution is -2.31. The van der Waals surface area contributed by atoms with E-state index in [1.165, 1.54) is 0 Å². The molecule has 80 valence electrons. The zero-order valence-electron chi connectivity index (χ0n) is 8.73. The Kier molecular flexibility index (Phi) is 2.73. The Morgan fingerprint density at radius 1 is 1.53 bits per heavy atom. The molecule has 0 bridgehead atoms. The van der Waals surface area contributed by atoms with Crippen LogP contribution in [0.3, 0.4) is 0 Å². The van der Waals surface area contributed by atoms with Crippen molar-refractivity contribution in [1.82, 2.24) is 0 Å². The van der Waals surface area contributed by atoms with E-state index >= 15 is 0 Å². The zero-order chi connectivity index (χ0) is 10.8. The fraction of sp³-hybridized carbons (Fsp3) is 0.417. The highest BCUT2D eigenvalue weighted by molar-refractivity contribution is 5.95. The molecule has 0 saturated carbocycles. The van der Waals surface area contributed by atoms with Gasteiger partial charge in [0, 0.05) is 11.6 Å². The molecule has 1 heterocycles. The number of anilines is 1. The second-order valence-corrected chi connectivity index (χ2v) is 4.13. The summed E-state index contributed by atoms with van der Waals surface area (Å²) in [7, 11) is 0. The van der Waals surface area contributed by atoms with E-state index in [-0.39, 0.29) is 11.8 Å². The van der Waals surface area contributed by atoms with E-state index in [0.29, 0.717) is 6.42 Å². The number of hydrogen-bond acceptors (Lipinski definition) is 2. The van der Waals surface area contributed by atoms with Gasteiger partial charge in [-0.3, -0.25) is 4.79 Å². The van der Waals surface area contributed by atoms with Crippen molar-refractivity contribution in [3.8, 4) is 0 Å². The number of rotatable bonds is 2. The van der Waals surface area contributed by atoms with E-state index < -0.39 is 6.10 Å². The zero-order valence-corrected chi connectivity index (χ0v) is 8.73. The lowest BCUT2D eigenvalue weighted by Gasteiger charge is -2.25. The molecule has 1 aliphatic rings. The minimum atomic E-state index is -0.425. The first-order chi connectivity index (χ1) is 7.16. The highest BCUT2D eigenvalue weighted by atomic mass is 16.3. The number of nitrogens with one attached hydrogen (secondary N) is 1. The molecule has 0 aromatic heterocycles. The summed E-state index contributed by atoms with van der Waals surface area (Å²) in [6, 6.07) is 7.81. The molecular weight excluding hydrogens is 190 g/mol. The Labute approximate surface area is 89.1 Å². The summed E-state index contributed by atoms with van der Waals surface area (Å²) in [4.78, 5) is 11.7. The number of carbonyl (C=O) groups excluding carboxylic acids is 1. The van der Waals surface area contributed by atoms with Crippen LogP contribution in [-0.2, 0) is 11.2 Å². The van der Waals surface area contributed by atoms with Crippen LogP contribution in [-0.4, -0.2) is 17.1 Å². The Morgan fingerprint density at radius 3 is 3.00 bits per heavy atom. The first-order valence-electron chi connectivity index (χ1n) is 5.23. The van der Waals surface area contributed by atoms with Crippen LogP contribution < -0.4 is 5.32 Å². The fourth-order valence-corrected chi connectivity index (χ4v) is 2.02. The number of fused-ring (bicyclic) bond motifs is 1. The maximum absolute atomic E-state index is 11.7. The van der Waals surface area contributed by atoms with Crippen LogP contribution in [0.25, 0.3) is 0 Å². The van der Waals surface area contributed by atoms with Crippen molar-refractivity contribution in [3.05, 3.63) is 29.8 Å². The molecule has 15 heavy (non-hydrogen) atoms. The second-order valence-electron chi connectivity index (χ2n) is 4.13. The Morgan fingerprint density at radius 2 is 2.27 bits per heavy atom. The molecule has 0 radical (unpaired) electrons. The van der Waals surface area contributed by atoms with Gasteiger partial charge >= 0.3 is 0 Å². The van der Waals surface area contributed by atoms with Gasteiger partial charge in [-0.25, -0.2) is 0 Å². The number of carbonyl (C=O) groups is 1. The summed E-state index contributed by atoms with van der Waals surface area (Å²) in [5, 5.41) is 12.2. The monoisotopic (exact) mass is 205 g/mol. The van der Waals surface area contributed by atoms with Gasteiger partial charge in [0.15, 0.2) is 0 Å². The summed E-state index contributed by atoms with van der Waals surface area (Å²) < 4.78 is 0. The van der Waals surface area contributed by atoms with Crippen LogP contribution in [0.15, 0.2) is 24.3 Å². The number of aliphatic hydroxyl groups excluding tert-OH is 1. The third-order valence-electron chi connectivity index (χ3n) is 2.74. The lowest BCUT2D eigenvalue weighted by atomic mass is 9.89. The number of hydrogen-bond donors (Lipinski definition) is 2. The molecule has 1 aromatic carbocycles. The fourth-order valence-electron chi connectivity index (χ4n) is 2.02. The van der Waals surface area contributed by atoms with Crippen LogP contribution >= 0.6 is 0 Å². The normalized spacial score (nSPS) is 21.7. The van der Waals surface area contributed by atoms with Crippen LogP contribution in [0.4, 0.5) is 5.69 Å². The van der Waals surface area contributed by atoms with Gasteiger partial charge in [0.25, 0.3) is 0 Å². The van der Waals surface area contributed by atoms with Crippen molar-refractivity contribution in [3.63, 3.8) is 0 Å². The molecule has 3 nitrogen and oxygen atoms in total.